The molecule has 33 heavy (non-hydrogen) atoms. The zero-order valence-corrected chi connectivity index (χ0v) is 19.5. The summed E-state index contributed by atoms with van der Waals surface area (Å²) in [5.74, 6) is -0.698. The van der Waals surface area contributed by atoms with Gasteiger partial charge in [0, 0.05) is 18.5 Å². The summed E-state index contributed by atoms with van der Waals surface area (Å²) in [6.07, 6.45) is 3.12. The number of hydrogen-bond donors (Lipinski definition) is 1. The van der Waals surface area contributed by atoms with Crippen molar-refractivity contribution >= 4 is 22.7 Å². The van der Waals surface area contributed by atoms with Gasteiger partial charge >= 0.3 is 0 Å². The van der Waals surface area contributed by atoms with Crippen LogP contribution >= 0.6 is 0 Å². The molecule has 2 heterocycles. The minimum absolute atomic E-state index is 0.0365. The van der Waals surface area contributed by atoms with Gasteiger partial charge in [0.05, 0.1) is 12.1 Å². The smallest absolute Gasteiger partial charge is 0.273 e. The molecule has 0 radical (unpaired) electrons. The van der Waals surface area contributed by atoms with Crippen LogP contribution in [0.1, 0.15) is 56.1 Å². The number of halogens is 1. The summed E-state index contributed by atoms with van der Waals surface area (Å²) in [5, 5.41) is 8.31. The first-order valence-corrected chi connectivity index (χ1v) is 11.5. The Hall–Kier alpha value is -3.22. The van der Waals surface area contributed by atoms with Crippen molar-refractivity contribution in [2.24, 2.45) is 5.41 Å². The van der Waals surface area contributed by atoms with Crippen molar-refractivity contribution in [1.29, 1.82) is 0 Å². The molecule has 1 saturated heterocycles. The van der Waals surface area contributed by atoms with Crippen LogP contribution in [0.4, 0.5) is 4.39 Å². The number of para-hydroxylation sites is 1. The Bertz CT molecular complexity index is 1140. The van der Waals surface area contributed by atoms with E-state index >= 15 is 0 Å². The van der Waals surface area contributed by atoms with E-state index in [1.807, 2.05) is 49.9 Å². The molecule has 6 nitrogen and oxygen atoms in total. The van der Waals surface area contributed by atoms with E-state index in [4.69, 9.17) is 0 Å². The van der Waals surface area contributed by atoms with E-state index in [9.17, 15) is 14.0 Å². The molecule has 1 unspecified atom stereocenters. The van der Waals surface area contributed by atoms with Gasteiger partial charge in [-0.05, 0) is 48.4 Å². The molecular formula is C26H31FN4O2. The predicted octanol–water partition coefficient (Wildman–Crippen LogP) is 4.38. The van der Waals surface area contributed by atoms with Crippen LogP contribution in [-0.4, -0.2) is 45.6 Å². The number of likely N-dealkylation sites (tertiary alicyclic amines) is 1. The standard InChI is InChI=1S/C26H31FN4O2/c1-26(2,3)23(25(33)30-15-7-4-8-16-30)28-24(32)22-20-9-5-6-10-21(20)31(29-22)17-18-11-13-19(27)14-12-18/h5-6,9-14,23H,4,7-8,15-17H2,1-3H3,(H,28,32). The SMILES string of the molecule is CC(C)(C)C(NC(=O)c1nn(Cc2ccc(F)cc2)c2ccccc12)C(=O)N1CCCCC1. The highest BCUT2D eigenvalue weighted by Gasteiger charge is 2.37. The number of rotatable bonds is 5. The van der Waals surface area contributed by atoms with Crippen LogP contribution in [0.3, 0.4) is 0 Å². The molecule has 1 fully saturated rings. The van der Waals surface area contributed by atoms with E-state index in [1.165, 1.54) is 12.1 Å². The van der Waals surface area contributed by atoms with E-state index in [0.29, 0.717) is 6.54 Å². The van der Waals surface area contributed by atoms with Gasteiger partial charge in [-0.2, -0.15) is 5.10 Å². The lowest BCUT2D eigenvalue weighted by atomic mass is 9.85. The summed E-state index contributed by atoms with van der Waals surface area (Å²) in [4.78, 5) is 28.6. The van der Waals surface area contributed by atoms with Crippen LogP contribution in [0, 0.1) is 11.2 Å². The molecule has 1 aliphatic heterocycles. The second kappa shape index (κ2) is 9.33. The van der Waals surface area contributed by atoms with Gasteiger partial charge in [-0.15, -0.1) is 0 Å². The zero-order chi connectivity index (χ0) is 23.6. The molecule has 0 bridgehead atoms. The van der Waals surface area contributed by atoms with Crippen molar-refractivity contribution in [2.45, 2.75) is 52.6 Å². The number of aromatic nitrogens is 2. The Morgan fingerprint density at radius 1 is 1.03 bits per heavy atom. The van der Waals surface area contributed by atoms with Crippen LogP contribution in [0.5, 0.6) is 0 Å². The molecule has 1 atom stereocenters. The topological polar surface area (TPSA) is 67.2 Å². The van der Waals surface area contributed by atoms with Crippen molar-refractivity contribution < 1.29 is 14.0 Å². The molecule has 0 spiro atoms. The predicted molar refractivity (Wildman–Crippen MR) is 126 cm³/mol. The van der Waals surface area contributed by atoms with E-state index in [2.05, 4.69) is 10.4 Å². The van der Waals surface area contributed by atoms with Crippen LogP contribution in [0.25, 0.3) is 10.9 Å². The molecule has 3 aromatic rings. The molecular weight excluding hydrogens is 419 g/mol. The monoisotopic (exact) mass is 450 g/mol. The average Bonchev–Trinajstić information content (AvgIpc) is 3.17. The lowest BCUT2D eigenvalue weighted by Crippen LogP contribution is -2.55. The first-order chi connectivity index (χ1) is 15.7. The minimum atomic E-state index is -0.649. The number of carbonyl (C=O) groups is 2. The summed E-state index contributed by atoms with van der Waals surface area (Å²) >= 11 is 0. The molecule has 4 rings (SSSR count). The number of nitrogens with zero attached hydrogens (tertiary/aromatic N) is 3. The second-order valence-corrected chi connectivity index (χ2v) is 9.81. The normalized spacial score (nSPS) is 15.5. The first-order valence-electron chi connectivity index (χ1n) is 11.5. The quantitative estimate of drug-likeness (QED) is 0.627. The minimum Gasteiger partial charge on any atom is -0.341 e. The van der Waals surface area contributed by atoms with E-state index in [1.54, 1.807) is 16.8 Å². The third-order valence-corrected chi connectivity index (χ3v) is 6.17. The van der Waals surface area contributed by atoms with Gasteiger partial charge in [-0.25, -0.2) is 4.39 Å². The van der Waals surface area contributed by atoms with Gasteiger partial charge in [0.1, 0.15) is 11.9 Å². The highest BCUT2D eigenvalue weighted by atomic mass is 19.1. The molecule has 2 amide bonds. The van der Waals surface area contributed by atoms with Crippen molar-refractivity contribution in [3.63, 3.8) is 0 Å². The van der Waals surface area contributed by atoms with Crippen molar-refractivity contribution in [1.82, 2.24) is 20.0 Å². The third kappa shape index (κ3) is 5.07. The Kier molecular flexibility index (Phi) is 6.49. The van der Waals surface area contributed by atoms with Crippen molar-refractivity contribution in [3.8, 4) is 0 Å². The van der Waals surface area contributed by atoms with Crippen LogP contribution in [0.15, 0.2) is 48.5 Å². The molecule has 2 aromatic carbocycles. The van der Waals surface area contributed by atoms with E-state index in [0.717, 1.165) is 48.8 Å². The second-order valence-electron chi connectivity index (χ2n) is 9.81. The number of hydrogen-bond acceptors (Lipinski definition) is 3. The summed E-state index contributed by atoms with van der Waals surface area (Å²) in [6.45, 7) is 7.76. The van der Waals surface area contributed by atoms with Gasteiger partial charge in [0.15, 0.2) is 5.69 Å². The lowest BCUT2D eigenvalue weighted by molar-refractivity contribution is -0.136. The van der Waals surface area contributed by atoms with Crippen LogP contribution < -0.4 is 5.32 Å². The summed E-state index contributed by atoms with van der Waals surface area (Å²) in [6, 6.07) is 13.1. The maximum Gasteiger partial charge on any atom is 0.273 e. The molecule has 7 heteroatoms. The Balaban J connectivity index is 1.62. The Morgan fingerprint density at radius 2 is 1.70 bits per heavy atom. The zero-order valence-electron chi connectivity index (χ0n) is 19.5. The van der Waals surface area contributed by atoms with Gasteiger partial charge < -0.3 is 10.2 Å². The molecule has 1 aromatic heterocycles. The van der Waals surface area contributed by atoms with Gasteiger partial charge in [0.2, 0.25) is 5.91 Å². The van der Waals surface area contributed by atoms with Crippen LogP contribution in [0.2, 0.25) is 0 Å². The maximum atomic E-state index is 13.4. The highest BCUT2D eigenvalue weighted by molar-refractivity contribution is 6.06. The molecule has 1 aliphatic rings. The summed E-state index contributed by atoms with van der Waals surface area (Å²) < 4.78 is 15.0. The first kappa shape index (κ1) is 23.0. The fourth-order valence-corrected chi connectivity index (χ4v) is 4.32. The number of carbonyl (C=O) groups excluding carboxylic acids is 2. The molecule has 0 saturated carbocycles. The molecule has 174 valence electrons. The number of nitrogens with one attached hydrogen (secondary N) is 1. The molecule has 1 N–H and O–H groups in total. The van der Waals surface area contributed by atoms with Crippen molar-refractivity contribution in [3.05, 3.63) is 65.6 Å². The third-order valence-electron chi connectivity index (χ3n) is 6.17. The Morgan fingerprint density at radius 3 is 2.36 bits per heavy atom. The largest absolute Gasteiger partial charge is 0.341 e. The van der Waals surface area contributed by atoms with Crippen LogP contribution in [-0.2, 0) is 11.3 Å². The number of benzene rings is 2. The summed E-state index contributed by atoms with van der Waals surface area (Å²) in [5.41, 5.74) is 1.52. The average molecular weight is 451 g/mol. The highest BCUT2D eigenvalue weighted by Crippen LogP contribution is 2.25. The van der Waals surface area contributed by atoms with Crippen molar-refractivity contribution in [2.75, 3.05) is 13.1 Å². The van der Waals surface area contributed by atoms with Gasteiger partial charge in [-0.1, -0.05) is 51.1 Å². The summed E-state index contributed by atoms with van der Waals surface area (Å²) in [7, 11) is 0. The number of amides is 2. The Labute approximate surface area is 193 Å². The van der Waals surface area contributed by atoms with Gasteiger partial charge in [-0.3, -0.25) is 14.3 Å². The molecule has 0 aliphatic carbocycles. The fraction of sp³-hybridized carbons (Fsp3) is 0.423. The van der Waals surface area contributed by atoms with E-state index < -0.39 is 11.5 Å². The number of piperidine rings is 1. The van der Waals surface area contributed by atoms with E-state index in [-0.39, 0.29) is 23.3 Å². The number of fused-ring (bicyclic) bond motifs is 1. The van der Waals surface area contributed by atoms with Gasteiger partial charge in [0.25, 0.3) is 5.91 Å². The maximum absolute atomic E-state index is 13.4. The fourth-order valence-electron chi connectivity index (χ4n) is 4.32. The lowest BCUT2D eigenvalue weighted by Gasteiger charge is -2.36.